The third kappa shape index (κ3) is 4.07. The molecule has 2 bridgehead atoms. The maximum atomic E-state index is 10.9. The van der Waals surface area contributed by atoms with Crippen LogP contribution in [0.15, 0.2) is 35.4 Å². The summed E-state index contributed by atoms with van der Waals surface area (Å²) in [6.45, 7) is 2.27. The Balaban J connectivity index is 0.000000151. The lowest BCUT2D eigenvalue weighted by molar-refractivity contribution is 0.258. The van der Waals surface area contributed by atoms with Gasteiger partial charge in [-0.3, -0.25) is 5.10 Å². The van der Waals surface area contributed by atoms with E-state index < -0.39 is 9.84 Å². The minimum absolute atomic E-state index is 0.293. The highest BCUT2D eigenvalue weighted by Crippen LogP contribution is 2.40. The fourth-order valence-corrected chi connectivity index (χ4v) is 4.54. The predicted molar refractivity (Wildman–Crippen MR) is 99.7 cm³/mol. The van der Waals surface area contributed by atoms with Crippen LogP contribution in [0.3, 0.4) is 0 Å². The van der Waals surface area contributed by atoms with Crippen molar-refractivity contribution in [1.29, 1.82) is 0 Å². The molecule has 1 aromatic carbocycles. The second-order valence-corrected chi connectivity index (χ2v) is 9.19. The number of halogens is 1. The summed E-state index contributed by atoms with van der Waals surface area (Å²) >= 11 is 5.57. The number of benzene rings is 1. The van der Waals surface area contributed by atoms with E-state index in [4.69, 9.17) is 11.6 Å². The van der Waals surface area contributed by atoms with Crippen LogP contribution < -0.4 is 5.32 Å². The topological polar surface area (TPSA) is 74.8 Å². The standard InChI is InChI=1S/C11H17N3.C7H7ClO2S/c1-2-7-9-4-3-5-10(13-9)8-6-12-14-11(7)8;1-11(9,10)7-4-2-6(8)3-5-7/h6-7,9-10,13H,2-5H2,1H3,(H,12,14);2-5H,1H3. The van der Waals surface area contributed by atoms with Gasteiger partial charge in [-0.25, -0.2) is 8.42 Å². The summed E-state index contributed by atoms with van der Waals surface area (Å²) in [5, 5.41) is 11.7. The van der Waals surface area contributed by atoms with Crippen molar-refractivity contribution in [2.45, 2.75) is 55.5 Å². The quantitative estimate of drug-likeness (QED) is 0.828. The second kappa shape index (κ2) is 7.48. The lowest BCUT2D eigenvalue weighted by atomic mass is 9.77. The Morgan fingerprint density at radius 2 is 1.96 bits per heavy atom. The van der Waals surface area contributed by atoms with Crippen LogP contribution in [0.4, 0.5) is 0 Å². The molecule has 3 unspecified atom stereocenters. The monoisotopic (exact) mass is 381 g/mol. The van der Waals surface area contributed by atoms with Crippen LogP contribution in [-0.4, -0.2) is 30.9 Å². The van der Waals surface area contributed by atoms with E-state index >= 15 is 0 Å². The highest BCUT2D eigenvalue weighted by Gasteiger charge is 2.37. The molecule has 136 valence electrons. The zero-order valence-corrected chi connectivity index (χ0v) is 16.1. The molecule has 0 amide bonds. The molecule has 1 fully saturated rings. The van der Waals surface area contributed by atoms with Crippen LogP contribution >= 0.6 is 11.6 Å². The first-order chi connectivity index (χ1) is 11.9. The number of sulfone groups is 1. The van der Waals surface area contributed by atoms with E-state index in [1.807, 2.05) is 6.20 Å². The van der Waals surface area contributed by atoms with E-state index in [9.17, 15) is 8.42 Å². The summed E-state index contributed by atoms with van der Waals surface area (Å²) in [5.41, 5.74) is 2.83. The molecule has 0 saturated carbocycles. The van der Waals surface area contributed by atoms with Gasteiger partial charge in [0.05, 0.1) is 11.1 Å². The molecular formula is C18H24ClN3O2S. The van der Waals surface area contributed by atoms with Gasteiger partial charge in [-0.15, -0.1) is 0 Å². The number of rotatable bonds is 2. The predicted octanol–water partition coefficient (Wildman–Crippen LogP) is 3.84. The number of nitrogens with zero attached hydrogens (tertiary/aromatic N) is 1. The number of hydrogen-bond acceptors (Lipinski definition) is 4. The van der Waals surface area contributed by atoms with Crippen LogP contribution in [0.1, 0.15) is 55.8 Å². The van der Waals surface area contributed by atoms with Crippen molar-refractivity contribution in [3.8, 4) is 0 Å². The first kappa shape index (κ1) is 18.4. The van der Waals surface area contributed by atoms with Crippen LogP contribution in [0.2, 0.25) is 5.02 Å². The minimum atomic E-state index is -3.08. The molecular weight excluding hydrogens is 358 g/mol. The SMILES string of the molecule is CCC1c2[nH]ncc2C2CCCC1N2.CS(=O)(=O)c1ccc(Cl)cc1. The van der Waals surface area contributed by atoms with Crippen LogP contribution in [-0.2, 0) is 9.84 Å². The van der Waals surface area contributed by atoms with E-state index in [0.717, 1.165) is 6.26 Å². The molecule has 25 heavy (non-hydrogen) atoms. The van der Waals surface area contributed by atoms with Gasteiger partial charge >= 0.3 is 0 Å². The Labute approximate surface area is 154 Å². The maximum absolute atomic E-state index is 10.9. The van der Waals surface area contributed by atoms with Crippen LogP contribution in [0.5, 0.6) is 0 Å². The Hall–Kier alpha value is -1.37. The zero-order valence-electron chi connectivity index (χ0n) is 14.5. The van der Waals surface area contributed by atoms with Gasteiger partial charge < -0.3 is 5.32 Å². The minimum Gasteiger partial charge on any atom is -0.306 e. The molecule has 7 heteroatoms. The third-order valence-corrected chi connectivity index (χ3v) is 6.42. The fraction of sp³-hybridized carbons (Fsp3) is 0.500. The summed E-state index contributed by atoms with van der Waals surface area (Å²) in [4.78, 5) is 0.293. The van der Waals surface area contributed by atoms with Gasteiger partial charge in [0.15, 0.2) is 9.84 Å². The van der Waals surface area contributed by atoms with E-state index in [1.54, 1.807) is 12.1 Å². The Morgan fingerprint density at radius 3 is 2.60 bits per heavy atom. The molecule has 2 aromatic rings. The largest absolute Gasteiger partial charge is 0.306 e. The lowest BCUT2D eigenvalue weighted by Gasteiger charge is -2.40. The average Bonchev–Trinajstić information content (AvgIpc) is 3.06. The summed E-state index contributed by atoms with van der Waals surface area (Å²) in [6.07, 6.45) is 8.35. The van der Waals surface area contributed by atoms with Gasteiger partial charge in [0.2, 0.25) is 0 Å². The Kier molecular flexibility index (Phi) is 5.51. The van der Waals surface area contributed by atoms with Crippen LogP contribution in [0.25, 0.3) is 0 Å². The summed E-state index contributed by atoms with van der Waals surface area (Å²) in [7, 11) is -3.08. The first-order valence-corrected chi connectivity index (χ1v) is 10.9. The zero-order chi connectivity index (χ0) is 18.0. The molecule has 0 aliphatic carbocycles. The first-order valence-electron chi connectivity index (χ1n) is 8.65. The van der Waals surface area contributed by atoms with Gasteiger partial charge in [-0.05, 0) is 49.9 Å². The Bertz CT molecular complexity index is 817. The van der Waals surface area contributed by atoms with E-state index in [1.165, 1.54) is 49.1 Å². The van der Waals surface area contributed by atoms with E-state index in [0.29, 0.717) is 27.9 Å². The van der Waals surface area contributed by atoms with Gasteiger partial charge in [-0.2, -0.15) is 5.10 Å². The van der Waals surface area contributed by atoms with Crippen molar-refractivity contribution in [2.75, 3.05) is 6.26 Å². The average molecular weight is 382 g/mol. The molecule has 4 rings (SSSR count). The lowest BCUT2D eigenvalue weighted by Crippen LogP contribution is -2.45. The highest BCUT2D eigenvalue weighted by atomic mass is 35.5. The molecule has 2 N–H and O–H groups in total. The molecule has 1 aromatic heterocycles. The van der Waals surface area contributed by atoms with Gasteiger partial charge in [0.25, 0.3) is 0 Å². The van der Waals surface area contributed by atoms with Crippen molar-refractivity contribution in [1.82, 2.24) is 15.5 Å². The van der Waals surface area contributed by atoms with E-state index in [2.05, 4.69) is 22.4 Å². The molecule has 2 aliphatic rings. The van der Waals surface area contributed by atoms with Crippen molar-refractivity contribution >= 4 is 21.4 Å². The van der Waals surface area contributed by atoms with Gasteiger partial charge in [-0.1, -0.05) is 18.5 Å². The smallest absolute Gasteiger partial charge is 0.175 e. The molecule has 0 radical (unpaired) electrons. The molecule has 0 spiro atoms. The van der Waals surface area contributed by atoms with Crippen molar-refractivity contribution in [3.05, 3.63) is 46.7 Å². The molecule has 2 aliphatic heterocycles. The van der Waals surface area contributed by atoms with E-state index in [-0.39, 0.29) is 0 Å². The summed E-state index contributed by atoms with van der Waals surface area (Å²) < 4.78 is 21.8. The van der Waals surface area contributed by atoms with Gasteiger partial charge in [0, 0.05) is 40.5 Å². The number of H-pyrrole nitrogens is 1. The molecule has 5 nitrogen and oxygen atoms in total. The fourth-order valence-electron chi connectivity index (χ4n) is 3.78. The maximum Gasteiger partial charge on any atom is 0.175 e. The number of piperidine rings is 1. The number of aromatic amines is 1. The molecule has 3 atom stereocenters. The summed E-state index contributed by atoms with van der Waals surface area (Å²) in [5.74, 6) is 0.657. The normalized spacial score (nSPS) is 24.8. The Morgan fingerprint density at radius 1 is 1.24 bits per heavy atom. The number of aromatic nitrogens is 2. The van der Waals surface area contributed by atoms with Crippen molar-refractivity contribution in [3.63, 3.8) is 0 Å². The second-order valence-electron chi connectivity index (χ2n) is 6.74. The molecule has 1 saturated heterocycles. The number of hydrogen-bond donors (Lipinski definition) is 2. The van der Waals surface area contributed by atoms with Gasteiger partial charge in [0.1, 0.15) is 0 Å². The number of fused-ring (bicyclic) bond motifs is 4. The van der Waals surface area contributed by atoms with Crippen molar-refractivity contribution in [2.24, 2.45) is 0 Å². The highest BCUT2D eigenvalue weighted by molar-refractivity contribution is 7.90. The summed E-state index contributed by atoms with van der Waals surface area (Å²) in [6, 6.07) is 7.34. The number of nitrogens with one attached hydrogen (secondary N) is 2. The van der Waals surface area contributed by atoms with Crippen molar-refractivity contribution < 1.29 is 8.42 Å². The van der Waals surface area contributed by atoms with Crippen LogP contribution in [0, 0.1) is 0 Å². The molecule has 3 heterocycles. The third-order valence-electron chi connectivity index (χ3n) is 5.04.